The van der Waals surface area contributed by atoms with Gasteiger partial charge in [0.2, 0.25) is 11.0 Å². The van der Waals surface area contributed by atoms with E-state index in [1.807, 2.05) is 0 Å². The molecule has 1 saturated carbocycles. The van der Waals surface area contributed by atoms with Crippen LogP contribution in [0.4, 0.5) is 9.93 Å². The average Bonchev–Trinajstić information content (AvgIpc) is 3.01. The molecule has 3 N–H and O–H groups in total. The zero-order valence-electron chi connectivity index (χ0n) is 11.6. The third-order valence-electron chi connectivity index (χ3n) is 3.19. The second-order valence-electron chi connectivity index (χ2n) is 4.94. The number of amides is 3. The highest BCUT2D eigenvalue weighted by molar-refractivity contribution is 7.15. The molecule has 0 aromatic carbocycles. The van der Waals surface area contributed by atoms with Crippen LogP contribution in [0.5, 0.6) is 0 Å². The molecule has 3 amide bonds. The number of aryl methyl sites for hydroxylation is 1. The van der Waals surface area contributed by atoms with Crippen molar-refractivity contribution < 1.29 is 9.59 Å². The molecule has 110 valence electrons. The minimum atomic E-state index is -0.579. The Bertz CT molecular complexity index is 484. The summed E-state index contributed by atoms with van der Waals surface area (Å²) < 4.78 is 0. The SMILES string of the molecule is Cc1nnc(NC(=O)N[C@H](C)C(=O)NC2CCCC2)s1. The first kappa shape index (κ1) is 14.7. The van der Waals surface area contributed by atoms with Gasteiger partial charge in [-0.1, -0.05) is 24.2 Å². The molecule has 1 aromatic heterocycles. The van der Waals surface area contributed by atoms with Gasteiger partial charge in [-0.25, -0.2) is 4.79 Å². The van der Waals surface area contributed by atoms with Crippen LogP contribution in [0.25, 0.3) is 0 Å². The number of carbonyl (C=O) groups excluding carboxylic acids is 2. The van der Waals surface area contributed by atoms with E-state index in [1.165, 1.54) is 11.3 Å². The van der Waals surface area contributed by atoms with Crippen molar-refractivity contribution in [1.82, 2.24) is 20.8 Å². The molecule has 1 aliphatic rings. The van der Waals surface area contributed by atoms with Crippen molar-refractivity contribution in [3.8, 4) is 0 Å². The van der Waals surface area contributed by atoms with Gasteiger partial charge in [-0.2, -0.15) is 0 Å². The van der Waals surface area contributed by atoms with E-state index < -0.39 is 12.1 Å². The summed E-state index contributed by atoms with van der Waals surface area (Å²) in [6.07, 6.45) is 4.36. The standard InChI is InChI=1S/C12H19N5O2S/c1-7(10(18)14-9-5-3-4-6-9)13-11(19)15-12-17-16-8(2)20-12/h7,9H,3-6H2,1-2H3,(H,14,18)(H2,13,15,17,19)/t7-/m1/s1. The number of rotatable bonds is 4. The van der Waals surface area contributed by atoms with E-state index in [-0.39, 0.29) is 11.9 Å². The van der Waals surface area contributed by atoms with E-state index >= 15 is 0 Å². The van der Waals surface area contributed by atoms with E-state index in [4.69, 9.17) is 0 Å². The summed E-state index contributed by atoms with van der Waals surface area (Å²) in [4.78, 5) is 23.6. The molecule has 1 aliphatic carbocycles. The molecule has 8 heteroatoms. The number of carbonyl (C=O) groups is 2. The first-order chi connectivity index (χ1) is 9.54. The molecule has 1 atom stereocenters. The molecule has 2 rings (SSSR count). The van der Waals surface area contributed by atoms with E-state index in [0.717, 1.165) is 30.7 Å². The summed E-state index contributed by atoms with van der Waals surface area (Å²) in [7, 11) is 0. The molecule has 1 heterocycles. The lowest BCUT2D eigenvalue weighted by molar-refractivity contribution is -0.123. The number of aromatic nitrogens is 2. The number of nitrogens with one attached hydrogen (secondary N) is 3. The Morgan fingerprint density at radius 1 is 1.30 bits per heavy atom. The number of hydrogen-bond donors (Lipinski definition) is 3. The zero-order valence-corrected chi connectivity index (χ0v) is 12.4. The fourth-order valence-electron chi connectivity index (χ4n) is 2.14. The molecule has 0 unspecified atom stereocenters. The molecule has 0 aliphatic heterocycles. The van der Waals surface area contributed by atoms with Gasteiger partial charge in [-0.05, 0) is 26.7 Å². The highest BCUT2D eigenvalue weighted by atomic mass is 32.1. The van der Waals surface area contributed by atoms with Gasteiger partial charge < -0.3 is 10.6 Å². The molecule has 1 aromatic rings. The fraction of sp³-hybridized carbons (Fsp3) is 0.667. The molecule has 0 bridgehead atoms. The quantitative estimate of drug-likeness (QED) is 0.783. The zero-order chi connectivity index (χ0) is 14.5. The van der Waals surface area contributed by atoms with Crippen LogP contribution < -0.4 is 16.0 Å². The van der Waals surface area contributed by atoms with Crippen LogP contribution in [0, 0.1) is 6.92 Å². The molecule has 7 nitrogen and oxygen atoms in total. The lowest BCUT2D eigenvalue weighted by Crippen LogP contribution is -2.48. The highest BCUT2D eigenvalue weighted by Crippen LogP contribution is 2.17. The van der Waals surface area contributed by atoms with Crippen molar-refractivity contribution >= 4 is 28.4 Å². The van der Waals surface area contributed by atoms with Gasteiger partial charge >= 0.3 is 6.03 Å². The summed E-state index contributed by atoms with van der Waals surface area (Å²) in [5, 5.41) is 16.9. The third kappa shape index (κ3) is 4.16. The first-order valence-corrected chi connectivity index (χ1v) is 7.54. The fourth-order valence-corrected chi connectivity index (χ4v) is 2.73. The minimum absolute atomic E-state index is 0.152. The van der Waals surface area contributed by atoms with Gasteiger partial charge in [0.15, 0.2) is 0 Å². The Labute approximate surface area is 121 Å². The lowest BCUT2D eigenvalue weighted by Gasteiger charge is -2.17. The maximum absolute atomic E-state index is 11.9. The molecule has 0 spiro atoms. The van der Waals surface area contributed by atoms with Crippen LogP contribution in [0.1, 0.15) is 37.6 Å². The van der Waals surface area contributed by atoms with Gasteiger partial charge in [0.25, 0.3) is 0 Å². The summed E-state index contributed by atoms with van der Waals surface area (Å²) in [6, 6.07) is -0.777. The van der Waals surface area contributed by atoms with Crippen molar-refractivity contribution in [2.75, 3.05) is 5.32 Å². The summed E-state index contributed by atoms with van der Waals surface area (Å²) >= 11 is 1.28. The highest BCUT2D eigenvalue weighted by Gasteiger charge is 2.21. The van der Waals surface area contributed by atoms with Crippen molar-refractivity contribution in [2.45, 2.75) is 51.6 Å². The summed E-state index contributed by atoms with van der Waals surface area (Å²) in [6.45, 7) is 3.47. The second-order valence-corrected chi connectivity index (χ2v) is 6.12. The Balaban J connectivity index is 1.76. The van der Waals surface area contributed by atoms with Gasteiger partial charge in [-0.3, -0.25) is 10.1 Å². The summed E-state index contributed by atoms with van der Waals surface area (Å²) in [5.41, 5.74) is 0. The van der Waals surface area contributed by atoms with E-state index in [0.29, 0.717) is 5.13 Å². The molecule has 1 fully saturated rings. The van der Waals surface area contributed by atoms with Crippen molar-refractivity contribution in [3.05, 3.63) is 5.01 Å². The molecular formula is C12H19N5O2S. The first-order valence-electron chi connectivity index (χ1n) is 6.72. The number of hydrogen-bond acceptors (Lipinski definition) is 5. The predicted octanol–water partition coefficient (Wildman–Crippen LogP) is 1.42. The Morgan fingerprint density at radius 3 is 2.60 bits per heavy atom. The topological polar surface area (TPSA) is 96.0 Å². The Hall–Kier alpha value is -1.70. The van der Waals surface area contributed by atoms with E-state index in [2.05, 4.69) is 26.1 Å². The number of nitrogens with zero attached hydrogens (tertiary/aromatic N) is 2. The van der Waals surface area contributed by atoms with Gasteiger partial charge in [0, 0.05) is 6.04 Å². The molecule has 0 radical (unpaired) electrons. The Morgan fingerprint density at radius 2 is 2.00 bits per heavy atom. The smallest absolute Gasteiger partial charge is 0.321 e. The second kappa shape index (κ2) is 6.65. The largest absolute Gasteiger partial charge is 0.352 e. The summed E-state index contributed by atoms with van der Waals surface area (Å²) in [5.74, 6) is -0.152. The molecule has 0 saturated heterocycles. The monoisotopic (exact) mass is 297 g/mol. The van der Waals surface area contributed by atoms with Crippen molar-refractivity contribution in [2.24, 2.45) is 0 Å². The maximum atomic E-state index is 11.9. The average molecular weight is 297 g/mol. The van der Waals surface area contributed by atoms with Gasteiger partial charge in [0.05, 0.1) is 0 Å². The van der Waals surface area contributed by atoms with Crippen LogP contribution in [0.15, 0.2) is 0 Å². The number of anilines is 1. The normalized spacial score (nSPS) is 16.7. The van der Waals surface area contributed by atoms with Crippen molar-refractivity contribution in [3.63, 3.8) is 0 Å². The molecular weight excluding hydrogens is 278 g/mol. The lowest BCUT2D eigenvalue weighted by atomic mass is 10.2. The van der Waals surface area contributed by atoms with Crippen LogP contribution in [0.2, 0.25) is 0 Å². The van der Waals surface area contributed by atoms with Crippen LogP contribution >= 0.6 is 11.3 Å². The van der Waals surface area contributed by atoms with Crippen molar-refractivity contribution in [1.29, 1.82) is 0 Å². The third-order valence-corrected chi connectivity index (χ3v) is 3.94. The number of urea groups is 1. The predicted molar refractivity (Wildman–Crippen MR) is 76.7 cm³/mol. The van der Waals surface area contributed by atoms with Gasteiger partial charge in [-0.15, -0.1) is 10.2 Å². The van der Waals surface area contributed by atoms with Crippen LogP contribution in [-0.4, -0.2) is 34.2 Å². The molecule has 20 heavy (non-hydrogen) atoms. The Kier molecular flexibility index (Phi) is 4.89. The van der Waals surface area contributed by atoms with E-state index in [9.17, 15) is 9.59 Å². The van der Waals surface area contributed by atoms with E-state index in [1.54, 1.807) is 13.8 Å². The minimum Gasteiger partial charge on any atom is -0.352 e. The van der Waals surface area contributed by atoms with Crippen LogP contribution in [-0.2, 0) is 4.79 Å². The van der Waals surface area contributed by atoms with Crippen LogP contribution in [0.3, 0.4) is 0 Å². The van der Waals surface area contributed by atoms with Gasteiger partial charge in [0.1, 0.15) is 11.0 Å². The maximum Gasteiger partial charge on any atom is 0.321 e.